The molecule has 34 heavy (non-hydrogen) atoms. The Bertz CT molecular complexity index is 1180. The third kappa shape index (κ3) is 6.35. The first kappa shape index (κ1) is 26.6. The predicted molar refractivity (Wildman–Crippen MR) is 125 cm³/mol. The van der Waals surface area contributed by atoms with Crippen molar-refractivity contribution in [3.8, 4) is 17.2 Å². The molecule has 3 aromatic rings. The first-order valence-corrected chi connectivity index (χ1v) is 11.4. The van der Waals surface area contributed by atoms with Gasteiger partial charge in [-0.05, 0) is 61.2 Å². The van der Waals surface area contributed by atoms with Crippen molar-refractivity contribution < 1.29 is 53.7 Å². The molecule has 0 N–H and O–H groups in total. The van der Waals surface area contributed by atoms with Crippen LogP contribution in [0.25, 0.3) is 0 Å². The van der Waals surface area contributed by atoms with Crippen LogP contribution in [0, 0.1) is 0 Å². The second kappa shape index (κ2) is 12.1. The van der Waals surface area contributed by atoms with E-state index in [0.717, 1.165) is 12.0 Å². The number of carboxylic acid groups (broad SMARTS) is 1. The Hall–Kier alpha value is -2.02. The molecule has 0 amide bonds. The van der Waals surface area contributed by atoms with E-state index in [4.69, 9.17) is 32.7 Å². The van der Waals surface area contributed by atoms with E-state index in [1.54, 1.807) is 36.4 Å². The number of carboxylic acids is 1. The minimum absolute atomic E-state index is 0. The second-order valence-corrected chi connectivity index (χ2v) is 8.64. The van der Waals surface area contributed by atoms with Crippen LogP contribution in [0.5, 0.6) is 17.2 Å². The van der Waals surface area contributed by atoms with E-state index in [1.807, 2.05) is 24.3 Å². The predicted octanol–water partition coefficient (Wildman–Crippen LogP) is 2.61. The first-order chi connectivity index (χ1) is 15.9. The number of rotatable bonds is 8. The van der Waals surface area contributed by atoms with Gasteiger partial charge in [-0.15, -0.1) is 0 Å². The third-order valence-electron chi connectivity index (χ3n) is 5.60. The minimum atomic E-state index is -1.16. The quantitative estimate of drug-likeness (QED) is 0.346. The number of ether oxygens (including phenoxy) is 2. The standard InChI is InChI=1S/C26H22Cl2O5.Na/c27-21-6-2-1-4-16(21)5-3-7-23(29)17-8-10-18(11-9-17)33-25-15-24-20(14-22(25)28)19(26(30)31)12-13-32-24;/h1-2,4,6,8-11,14-15,19H,3,5,7,12-13H2,(H,30,31);/q;+1/p-1. The van der Waals surface area contributed by atoms with E-state index in [2.05, 4.69) is 0 Å². The van der Waals surface area contributed by atoms with E-state index >= 15 is 0 Å². The molecule has 0 radical (unpaired) electrons. The summed E-state index contributed by atoms with van der Waals surface area (Å²) in [5.74, 6) is -0.618. The Labute approximate surface area is 230 Å². The fourth-order valence-corrected chi connectivity index (χ4v) is 4.27. The average Bonchev–Trinajstić information content (AvgIpc) is 2.80. The van der Waals surface area contributed by atoms with Crippen molar-refractivity contribution >= 4 is 35.0 Å². The molecule has 5 nitrogen and oxygen atoms in total. The summed E-state index contributed by atoms with van der Waals surface area (Å²) in [5.41, 5.74) is 2.11. The summed E-state index contributed by atoms with van der Waals surface area (Å²) < 4.78 is 11.4. The maximum absolute atomic E-state index is 12.5. The second-order valence-electron chi connectivity index (χ2n) is 7.82. The molecule has 1 aliphatic rings. The summed E-state index contributed by atoms with van der Waals surface area (Å²) in [6.07, 6.45) is 2.20. The Morgan fingerprint density at radius 1 is 1.03 bits per heavy atom. The molecular formula is C26H21Cl2NaO5. The zero-order chi connectivity index (χ0) is 23.4. The van der Waals surface area contributed by atoms with Crippen molar-refractivity contribution in [3.05, 3.63) is 87.4 Å². The summed E-state index contributed by atoms with van der Waals surface area (Å²) in [5, 5.41) is 12.4. The largest absolute Gasteiger partial charge is 1.00 e. The summed E-state index contributed by atoms with van der Waals surface area (Å²) in [6.45, 7) is 0.278. The smallest absolute Gasteiger partial charge is 0.549 e. The molecule has 4 rings (SSSR count). The van der Waals surface area contributed by atoms with Crippen LogP contribution < -0.4 is 44.1 Å². The Kier molecular flexibility index (Phi) is 9.46. The fraction of sp³-hybridized carbons (Fsp3) is 0.231. The van der Waals surface area contributed by atoms with Crippen LogP contribution in [0.3, 0.4) is 0 Å². The molecule has 1 aliphatic heterocycles. The van der Waals surface area contributed by atoms with Crippen LogP contribution in [0.1, 0.15) is 46.7 Å². The Morgan fingerprint density at radius 3 is 2.47 bits per heavy atom. The maximum Gasteiger partial charge on any atom is 1.00 e. The van der Waals surface area contributed by atoms with Crippen molar-refractivity contribution in [1.82, 2.24) is 0 Å². The van der Waals surface area contributed by atoms with Gasteiger partial charge < -0.3 is 19.4 Å². The maximum atomic E-state index is 12.5. The number of ketones is 1. The van der Waals surface area contributed by atoms with Gasteiger partial charge in [-0.2, -0.15) is 0 Å². The topological polar surface area (TPSA) is 75.7 Å². The molecule has 0 fully saturated rings. The minimum Gasteiger partial charge on any atom is -0.549 e. The molecule has 0 bridgehead atoms. The zero-order valence-electron chi connectivity index (χ0n) is 18.7. The molecule has 1 heterocycles. The normalized spacial score (nSPS) is 14.4. The van der Waals surface area contributed by atoms with E-state index in [-0.39, 0.29) is 47.0 Å². The number of aryl methyl sites for hydroxylation is 1. The van der Waals surface area contributed by atoms with Crippen molar-refractivity contribution in [3.63, 3.8) is 0 Å². The number of halogens is 2. The molecule has 1 unspecified atom stereocenters. The summed E-state index contributed by atoms with van der Waals surface area (Å²) in [6, 6.07) is 17.6. The molecule has 3 aromatic carbocycles. The molecule has 0 saturated carbocycles. The number of carbonyl (C=O) groups excluding carboxylic acids is 2. The van der Waals surface area contributed by atoms with E-state index in [0.29, 0.717) is 52.7 Å². The van der Waals surface area contributed by atoms with Crippen LogP contribution in [0.15, 0.2) is 60.7 Å². The molecule has 1 atom stereocenters. The van der Waals surface area contributed by atoms with Gasteiger partial charge in [-0.1, -0.05) is 41.4 Å². The summed E-state index contributed by atoms with van der Waals surface area (Å²) in [7, 11) is 0. The van der Waals surface area contributed by atoms with Crippen LogP contribution in [-0.4, -0.2) is 18.4 Å². The van der Waals surface area contributed by atoms with Gasteiger partial charge in [-0.3, -0.25) is 4.79 Å². The van der Waals surface area contributed by atoms with Gasteiger partial charge in [0.2, 0.25) is 0 Å². The summed E-state index contributed by atoms with van der Waals surface area (Å²) >= 11 is 12.5. The summed E-state index contributed by atoms with van der Waals surface area (Å²) in [4.78, 5) is 23.9. The van der Waals surface area contributed by atoms with Crippen molar-refractivity contribution in [2.75, 3.05) is 6.61 Å². The van der Waals surface area contributed by atoms with Gasteiger partial charge in [0.15, 0.2) is 5.78 Å². The number of hydrogen-bond acceptors (Lipinski definition) is 5. The molecule has 0 saturated heterocycles. The number of benzene rings is 3. The fourth-order valence-electron chi connectivity index (χ4n) is 3.83. The van der Waals surface area contributed by atoms with E-state index < -0.39 is 11.9 Å². The molecule has 0 aromatic heterocycles. The SMILES string of the molecule is O=C(CCCc1ccccc1Cl)c1ccc(Oc2cc3c(cc2Cl)C(C(=O)[O-])CCO3)cc1.[Na+]. The van der Waals surface area contributed by atoms with Crippen LogP contribution in [-0.2, 0) is 11.2 Å². The van der Waals surface area contributed by atoms with Gasteiger partial charge in [0.1, 0.15) is 17.2 Å². The molecule has 0 spiro atoms. The van der Waals surface area contributed by atoms with Gasteiger partial charge in [-0.25, -0.2) is 0 Å². The number of Topliss-reactive ketones (excluding diaryl/α,β-unsaturated/α-hetero) is 1. The average molecular weight is 507 g/mol. The van der Waals surface area contributed by atoms with Crippen LogP contribution in [0.2, 0.25) is 10.0 Å². The van der Waals surface area contributed by atoms with Gasteiger partial charge >= 0.3 is 29.6 Å². The Balaban J connectivity index is 0.00000324. The number of carbonyl (C=O) groups is 2. The van der Waals surface area contributed by atoms with Gasteiger partial charge in [0.25, 0.3) is 0 Å². The number of aliphatic carboxylic acids is 1. The van der Waals surface area contributed by atoms with E-state index in [1.165, 1.54) is 0 Å². The molecule has 0 aliphatic carbocycles. The van der Waals surface area contributed by atoms with Crippen molar-refractivity contribution in [2.45, 2.75) is 31.6 Å². The van der Waals surface area contributed by atoms with Crippen molar-refractivity contribution in [2.24, 2.45) is 0 Å². The van der Waals surface area contributed by atoms with E-state index in [9.17, 15) is 14.7 Å². The number of fused-ring (bicyclic) bond motifs is 1. The number of hydrogen-bond donors (Lipinski definition) is 0. The monoisotopic (exact) mass is 506 g/mol. The van der Waals surface area contributed by atoms with Crippen LogP contribution >= 0.6 is 23.2 Å². The Morgan fingerprint density at radius 2 is 1.76 bits per heavy atom. The molecular weight excluding hydrogens is 486 g/mol. The van der Waals surface area contributed by atoms with Crippen LogP contribution in [0.4, 0.5) is 0 Å². The molecule has 170 valence electrons. The molecule has 8 heteroatoms. The third-order valence-corrected chi connectivity index (χ3v) is 6.26. The first-order valence-electron chi connectivity index (χ1n) is 10.6. The zero-order valence-corrected chi connectivity index (χ0v) is 22.2. The van der Waals surface area contributed by atoms with Gasteiger partial charge in [0.05, 0.1) is 11.6 Å². The van der Waals surface area contributed by atoms with Crippen molar-refractivity contribution in [1.29, 1.82) is 0 Å². The van der Waals surface area contributed by atoms with Gasteiger partial charge in [0, 0.05) is 40.5 Å².